The highest BCUT2D eigenvalue weighted by Crippen LogP contribution is 2.20. The molecule has 0 aliphatic carbocycles. The molecule has 2 aromatic carbocycles. The Hall–Kier alpha value is -2.33. The number of rotatable bonds is 3. The summed E-state index contributed by atoms with van der Waals surface area (Å²) in [5.41, 5.74) is 1.19. The van der Waals surface area contributed by atoms with E-state index >= 15 is 0 Å². The van der Waals surface area contributed by atoms with Crippen molar-refractivity contribution < 1.29 is 9.59 Å². The van der Waals surface area contributed by atoms with Gasteiger partial charge in [0.05, 0.1) is 10.6 Å². The molecule has 1 fully saturated rings. The van der Waals surface area contributed by atoms with Gasteiger partial charge in [0, 0.05) is 24.7 Å². The lowest BCUT2D eigenvalue weighted by Crippen LogP contribution is -2.46. The number of nitrogens with zero attached hydrogens (tertiary/aromatic N) is 1. The highest BCUT2D eigenvalue weighted by atomic mass is 35.5. The van der Waals surface area contributed by atoms with Crippen LogP contribution in [0.4, 0.5) is 0 Å². The van der Waals surface area contributed by atoms with E-state index in [1.165, 1.54) is 0 Å². The second kappa shape index (κ2) is 7.49. The van der Waals surface area contributed by atoms with Gasteiger partial charge in [0.1, 0.15) is 0 Å². The van der Waals surface area contributed by atoms with Gasteiger partial charge in [0.25, 0.3) is 11.8 Å². The van der Waals surface area contributed by atoms with E-state index in [-0.39, 0.29) is 17.9 Å². The molecule has 2 aromatic rings. The lowest BCUT2D eigenvalue weighted by molar-refractivity contribution is 0.0698. The minimum atomic E-state index is -0.0634. The highest BCUT2D eigenvalue weighted by Gasteiger charge is 2.25. The van der Waals surface area contributed by atoms with Gasteiger partial charge in [0.15, 0.2) is 0 Å². The molecule has 0 atom stereocenters. The van der Waals surface area contributed by atoms with Gasteiger partial charge >= 0.3 is 0 Å². The number of carbonyl (C=O) groups is 2. The lowest BCUT2D eigenvalue weighted by atomic mass is 10.0. The summed E-state index contributed by atoms with van der Waals surface area (Å²) in [5, 5.41) is 3.52. The summed E-state index contributed by atoms with van der Waals surface area (Å²) in [6, 6.07) is 16.4. The van der Waals surface area contributed by atoms with Crippen LogP contribution in [-0.4, -0.2) is 35.8 Å². The number of benzene rings is 2. The largest absolute Gasteiger partial charge is 0.349 e. The van der Waals surface area contributed by atoms with Crippen LogP contribution in [0, 0.1) is 0 Å². The van der Waals surface area contributed by atoms with E-state index in [2.05, 4.69) is 5.32 Å². The molecule has 4 nitrogen and oxygen atoms in total. The first-order chi connectivity index (χ1) is 11.6. The van der Waals surface area contributed by atoms with Crippen LogP contribution in [0.2, 0.25) is 5.02 Å². The molecule has 1 heterocycles. The second-order valence-corrected chi connectivity index (χ2v) is 6.29. The zero-order valence-electron chi connectivity index (χ0n) is 13.2. The molecule has 0 saturated carbocycles. The van der Waals surface area contributed by atoms with Gasteiger partial charge in [-0.05, 0) is 37.1 Å². The van der Waals surface area contributed by atoms with Crippen molar-refractivity contribution in [3.8, 4) is 0 Å². The Labute approximate surface area is 146 Å². The number of hydrogen-bond acceptors (Lipinski definition) is 2. The van der Waals surface area contributed by atoms with Crippen molar-refractivity contribution in [3.05, 3.63) is 70.7 Å². The predicted molar refractivity (Wildman–Crippen MR) is 94.3 cm³/mol. The number of carbonyl (C=O) groups excluding carboxylic acids is 2. The number of piperidine rings is 1. The number of halogens is 1. The Bertz CT molecular complexity index is 725. The van der Waals surface area contributed by atoms with E-state index in [1.807, 2.05) is 30.3 Å². The van der Waals surface area contributed by atoms with Crippen molar-refractivity contribution in [2.75, 3.05) is 13.1 Å². The molecule has 3 rings (SSSR count). The van der Waals surface area contributed by atoms with Gasteiger partial charge in [-0.3, -0.25) is 9.59 Å². The van der Waals surface area contributed by atoms with Gasteiger partial charge in [-0.1, -0.05) is 41.9 Å². The van der Waals surface area contributed by atoms with Crippen molar-refractivity contribution in [1.29, 1.82) is 0 Å². The van der Waals surface area contributed by atoms with Gasteiger partial charge in [0.2, 0.25) is 0 Å². The molecule has 0 unspecified atom stereocenters. The third-order valence-electron chi connectivity index (χ3n) is 4.26. The molecule has 0 spiro atoms. The molecule has 1 N–H and O–H groups in total. The summed E-state index contributed by atoms with van der Waals surface area (Å²) >= 11 is 6.10. The normalized spacial score (nSPS) is 15.1. The van der Waals surface area contributed by atoms with Crippen LogP contribution in [-0.2, 0) is 0 Å². The minimum Gasteiger partial charge on any atom is -0.349 e. The Morgan fingerprint density at radius 1 is 0.958 bits per heavy atom. The summed E-state index contributed by atoms with van der Waals surface area (Å²) in [6.07, 6.45) is 1.49. The Morgan fingerprint density at radius 3 is 2.25 bits per heavy atom. The second-order valence-electron chi connectivity index (χ2n) is 5.89. The third-order valence-corrected chi connectivity index (χ3v) is 4.59. The van der Waals surface area contributed by atoms with E-state index < -0.39 is 0 Å². The summed E-state index contributed by atoms with van der Waals surface area (Å²) in [5.74, 6) is -0.111. The van der Waals surface area contributed by atoms with E-state index in [4.69, 9.17) is 11.6 Å². The van der Waals surface area contributed by atoms with Crippen molar-refractivity contribution in [3.63, 3.8) is 0 Å². The summed E-state index contributed by atoms with van der Waals surface area (Å²) in [6.45, 7) is 1.23. The number of likely N-dealkylation sites (tertiary alicyclic amines) is 1. The first kappa shape index (κ1) is 16.5. The van der Waals surface area contributed by atoms with E-state index in [0.29, 0.717) is 29.2 Å². The van der Waals surface area contributed by atoms with Crippen molar-refractivity contribution in [2.24, 2.45) is 0 Å². The molecule has 1 aliphatic rings. The van der Waals surface area contributed by atoms with Gasteiger partial charge in [-0.15, -0.1) is 0 Å². The fraction of sp³-hybridized carbons (Fsp3) is 0.263. The monoisotopic (exact) mass is 342 g/mol. The van der Waals surface area contributed by atoms with E-state index in [0.717, 1.165) is 12.8 Å². The first-order valence-electron chi connectivity index (χ1n) is 8.05. The fourth-order valence-corrected chi connectivity index (χ4v) is 3.11. The number of amides is 2. The molecule has 24 heavy (non-hydrogen) atoms. The van der Waals surface area contributed by atoms with Crippen LogP contribution in [0.25, 0.3) is 0 Å². The Morgan fingerprint density at radius 2 is 1.58 bits per heavy atom. The molecular weight excluding hydrogens is 324 g/mol. The summed E-state index contributed by atoms with van der Waals surface area (Å²) < 4.78 is 0. The quantitative estimate of drug-likeness (QED) is 0.929. The maximum absolute atomic E-state index is 12.5. The number of hydrogen-bond donors (Lipinski definition) is 1. The van der Waals surface area contributed by atoms with Crippen molar-refractivity contribution >= 4 is 23.4 Å². The third kappa shape index (κ3) is 3.77. The molecule has 0 radical (unpaired) electrons. The summed E-state index contributed by atoms with van der Waals surface area (Å²) in [7, 11) is 0. The Balaban J connectivity index is 1.55. The van der Waals surface area contributed by atoms with Gasteiger partial charge < -0.3 is 10.2 Å². The average Bonchev–Trinajstić information content (AvgIpc) is 2.63. The van der Waals surface area contributed by atoms with Crippen molar-refractivity contribution in [1.82, 2.24) is 10.2 Å². The molecule has 1 aliphatic heterocycles. The average molecular weight is 343 g/mol. The molecule has 124 valence electrons. The van der Waals surface area contributed by atoms with Crippen LogP contribution in [0.1, 0.15) is 33.6 Å². The predicted octanol–water partition coefficient (Wildman–Crippen LogP) is 3.37. The zero-order chi connectivity index (χ0) is 16.9. The maximum atomic E-state index is 12.5. The first-order valence-corrected chi connectivity index (χ1v) is 8.42. The standard InChI is InChI=1S/C19H19ClN2O2/c20-17-9-5-4-8-16(17)19(24)22-12-10-15(11-13-22)21-18(23)14-6-2-1-3-7-14/h1-9,15H,10-13H2,(H,21,23). The SMILES string of the molecule is O=C(NC1CCN(C(=O)c2ccccc2Cl)CC1)c1ccccc1. The fourth-order valence-electron chi connectivity index (χ4n) is 2.89. The minimum absolute atomic E-state index is 0.0477. The van der Waals surface area contributed by atoms with Crippen LogP contribution in [0.3, 0.4) is 0 Å². The zero-order valence-corrected chi connectivity index (χ0v) is 14.0. The maximum Gasteiger partial charge on any atom is 0.255 e. The lowest BCUT2D eigenvalue weighted by Gasteiger charge is -2.32. The molecular formula is C19H19ClN2O2. The smallest absolute Gasteiger partial charge is 0.255 e. The molecule has 0 bridgehead atoms. The highest BCUT2D eigenvalue weighted by molar-refractivity contribution is 6.33. The van der Waals surface area contributed by atoms with Crippen LogP contribution >= 0.6 is 11.6 Å². The Kier molecular flexibility index (Phi) is 5.16. The molecule has 2 amide bonds. The summed E-state index contributed by atoms with van der Waals surface area (Å²) in [4.78, 5) is 26.5. The van der Waals surface area contributed by atoms with Crippen LogP contribution < -0.4 is 5.32 Å². The molecule has 1 saturated heterocycles. The van der Waals surface area contributed by atoms with Crippen LogP contribution in [0.5, 0.6) is 0 Å². The van der Waals surface area contributed by atoms with Gasteiger partial charge in [-0.25, -0.2) is 0 Å². The molecule has 5 heteroatoms. The van der Waals surface area contributed by atoms with Crippen LogP contribution in [0.15, 0.2) is 54.6 Å². The van der Waals surface area contributed by atoms with Gasteiger partial charge in [-0.2, -0.15) is 0 Å². The van der Waals surface area contributed by atoms with E-state index in [9.17, 15) is 9.59 Å². The molecule has 0 aromatic heterocycles. The van der Waals surface area contributed by atoms with Crippen molar-refractivity contribution in [2.45, 2.75) is 18.9 Å². The number of nitrogens with one attached hydrogen (secondary N) is 1. The van der Waals surface area contributed by atoms with E-state index in [1.54, 1.807) is 29.2 Å². The topological polar surface area (TPSA) is 49.4 Å².